The number of nitrogens with zero attached hydrogens (tertiary/aromatic N) is 5. The van der Waals surface area contributed by atoms with Crippen LogP contribution in [0.3, 0.4) is 0 Å². The van der Waals surface area contributed by atoms with Gasteiger partial charge in [0.05, 0.1) is 156 Å². The van der Waals surface area contributed by atoms with Crippen molar-refractivity contribution in [3.8, 4) is 0 Å². The lowest BCUT2D eigenvalue weighted by Crippen LogP contribution is -2.41. The number of hydrogen-bond donors (Lipinski definition) is 2. The molecule has 0 fully saturated rings. The van der Waals surface area contributed by atoms with Crippen LogP contribution in [0.1, 0.15) is 42.7 Å². The number of amides is 5. The predicted molar refractivity (Wildman–Crippen MR) is 246 cm³/mol. The molecule has 3 rings (SSSR count). The first-order valence-corrected chi connectivity index (χ1v) is 23.0. The van der Waals surface area contributed by atoms with E-state index in [4.69, 9.17) is 57.9 Å². The minimum Gasteiger partial charge on any atom is -0.387 e. The van der Waals surface area contributed by atoms with Crippen LogP contribution in [0.4, 0.5) is 5.69 Å². The summed E-state index contributed by atoms with van der Waals surface area (Å²) in [5.74, 6) is -1.74. The topological polar surface area (TPSA) is 260 Å². The average Bonchev–Trinajstić information content (AvgIpc) is 3.53. The molecule has 0 atom stereocenters. The van der Waals surface area contributed by atoms with E-state index in [2.05, 4.69) is 15.3 Å². The molecule has 5 amide bonds. The van der Waals surface area contributed by atoms with Crippen LogP contribution in [0.15, 0.2) is 35.0 Å². The minimum atomic E-state index is -0.499. The number of likely N-dealkylation sites (N-methyl/N-ethyl adjacent to an activating group) is 1. The van der Waals surface area contributed by atoms with E-state index in [1.54, 1.807) is 19.2 Å². The molecule has 1 aromatic rings. The molecule has 0 aliphatic carbocycles. The Balaban J connectivity index is 1.02. The van der Waals surface area contributed by atoms with Gasteiger partial charge in [-0.05, 0) is 25.5 Å². The Morgan fingerprint density at radius 1 is 0.662 bits per heavy atom. The molecule has 382 valence electrons. The standard InChI is InChI=1S/C45H71N7O16/c1-4-9-52(68-5-2)45(57)36-31-38-39(49-40(46)33-36)32-37(34-48-38)44(56)50(3)10-12-59-14-16-61-18-20-63-22-24-65-26-28-67-30-29-66-27-25-64-23-21-62-19-17-60-15-13-58-11-8-47-41(53)35-51-42(54)6-7-43(51)55/h6-7,31-32,34H,4-5,8-30,33,35H2,1-3H3,(H2,46,49)(H,47,53). The Labute approximate surface area is 398 Å². The van der Waals surface area contributed by atoms with Crippen LogP contribution in [0.25, 0.3) is 6.08 Å². The van der Waals surface area contributed by atoms with Gasteiger partial charge in [0.2, 0.25) is 5.91 Å². The maximum atomic E-state index is 13.1. The second kappa shape index (κ2) is 36.2. The lowest BCUT2D eigenvalue weighted by molar-refractivity contribution is -0.180. The maximum Gasteiger partial charge on any atom is 0.273 e. The molecular formula is C45H71N7O16. The van der Waals surface area contributed by atoms with E-state index in [0.717, 1.165) is 23.5 Å². The van der Waals surface area contributed by atoms with Gasteiger partial charge in [0.25, 0.3) is 23.6 Å². The summed E-state index contributed by atoms with van der Waals surface area (Å²) in [5, 5.41) is 3.92. The first kappa shape index (κ1) is 57.5. The Kier molecular flexibility index (Phi) is 30.6. The highest BCUT2D eigenvalue weighted by Gasteiger charge is 2.26. The van der Waals surface area contributed by atoms with Crippen LogP contribution in [0.2, 0.25) is 0 Å². The molecule has 2 aliphatic rings. The van der Waals surface area contributed by atoms with Gasteiger partial charge in [-0.2, -0.15) is 0 Å². The normalized spacial score (nSPS) is 13.4. The predicted octanol–water partition coefficient (Wildman–Crippen LogP) is 0.327. The summed E-state index contributed by atoms with van der Waals surface area (Å²) in [7, 11) is 1.68. The highest BCUT2D eigenvalue weighted by Crippen LogP contribution is 2.27. The average molecular weight is 966 g/mol. The molecule has 1 aromatic heterocycles. The third-order valence-corrected chi connectivity index (χ3v) is 9.34. The Morgan fingerprint density at radius 2 is 1.12 bits per heavy atom. The number of fused-ring (bicyclic) bond motifs is 1. The van der Waals surface area contributed by atoms with E-state index >= 15 is 0 Å². The summed E-state index contributed by atoms with van der Waals surface area (Å²) < 4.78 is 55.0. The number of nitrogens with one attached hydrogen (secondary N) is 1. The number of imide groups is 1. The fourth-order valence-corrected chi connectivity index (χ4v) is 5.92. The quantitative estimate of drug-likeness (QED) is 0.0509. The Morgan fingerprint density at radius 3 is 1.57 bits per heavy atom. The smallest absolute Gasteiger partial charge is 0.273 e. The molecule has 3 N–H and O–H groups in total. The monoisotopic (exact) mass is 965 g/mol. The maximum absolute atomic E-state index is 13.1. The molecule has 0 aromatic carbocycles. The molecular weight excluding hydrogens is 895 g/mol. The number of hydrogen-bond acceptors (Lipinski definition) is 19. The van der Waals surface area contributed by atoms with Gasteiger partial charge in [0.1, 0.15) is 12.4 Å². The SMILES string of the molecule is CCCN(OCC)C(=O)C1=Cc2ncc(C(=O)N(C)CCOCCOCCOCCOCCOCCOCCOCCOCCOCCOCCNC(=O)CN3C(=O)C=CC3=O)cc2N=C(N)C1. The fraction of sp³-hybridized carbons (Fsp3) is 0.667. The molecule has 0 spiro atoms. The summed E-state index contributed by atoms with van der Waals surface area (Å²) in [5.41, 5.74) is 7.75. The van der Waals surface area contributed by atoms with Gasteiger partial charge in [-0.25, -0.2) is 10.1 Å². The minimum absolute atomic E-state index is 0.138. The van der Waals surface area contributed by atoms with Crippen molar-refractivity contribution < 1.29 is 76.2 Å². The zero-order valence-electron chi connectivity index (χ0n) is 39.8. The highest BCUT2D eigenvalue weighted by atomic mass is 16.7. The van der Waals surface area contributed by atoms with Gasteiger partial charge in [-0.15, -0.1) is 0 Å². The van der Waals surface area contributed by atoms with Crippen LogP contribution in [-0.4, -0.2) is 227 Å². The van der Waals surface area contributed by atoms with Crippen LogP contribution >= 0.6 is 0 Å². The number of aliphatic imine (C=N–C) groups is 1. The van der Waals surface area contributed by atoms with E-state index in [9.17, 15) is 24.0 Å². The van der Waals surface area contributed by atoms with E-state index in [0.29, 0.717) is 168 Å². The second-order valence-corrected chi connectivity index (χ2v) is 14.7. The van der Waals surface area contributed by atoms with E-state index in [-0.39, 0.29) is 43.8 Å². The van der Waals surface area contributed by atoms with Crippen molar-refractivity contribution >= 4 is 47.1 Å². The van der Waals surface area contributed by atoms with Crippen molar-refractivity contribution in [2.24, 2.45) is 10.7 Å². The first-order chi connectivity index (χ1) is 33.1. The third kappa shape index (κ3) is 24.5. The van der Waals surface area contributed by atoms with E-state index < -0.39 is 17.7 Å². The van der Waals surface area contributed by atoms with Crippen molar-refractivity contribution in [1.82, 2.24) is 25.2 Å². The van der Waals surface area contributed by atoms with Crippen molar-refractivity contribution in [1.29, 1.82) is 0 Å². The summed E-state index contributed by atoms with van der Waals surface area (Å²) in [6.45, 7) is 13.0. The largest absolute Gasteiger partial charge is 0.387 e. The zero-order valence-corrected chi connectivity index (χ0v) is 39.8. The molecule has 0 saturated heterocycles. The number of nitrogens with two attached hydrogens (primary N) is 1. The van der Waals surface area contributed by atoms with Gasteiger partial charge in [-0.1, -0.05) is 6.92 Å². The van der Waals surface area contributed by atoms with E-state index in [1.807, 2.05) is 13.8 Å². The van der Waals surface area contributed by atoms with Gasteiger partial charge < -0.3 is 63.3 Å². The summed E-state index contributed by atoms with van der Waals surface area (Å²) >= 11 is 0. The number of rotatable bonds is 41. The van der Waals surface area contributed by atoms with Crippen molar-refractivity contribution in [2.45, 2.75) is 26.7 Å². The number of amidine groups is 1. The van der Waals surface area contributed by atoms with Crippen molar-refractivity contribution in [2.75, 3.05) is 172 Å². The highest BCUT2D eigenvalue weighted by molar-refractivity contribution is 6.14. The molecule has 0 radical (unpaired) electrons. The van der Waals surface area contributed by atoms with Gasteiger partial charge in [0, 0.05) is 57.0 Å². The van der Waals surface area contributed by atoms with Crippen molar-refractivity contribution in [3.05, 3.63) is 41.2 Å². The van der Waals surface area contributed by atoms with Gasteiger partial charge in [0.15, 0.2) is 0 Å². The first-order valence-electron chi connectivity index (χ1n) is 23.0. The second-order valence-electron chi connectivity index (χ2n) is 14.7. The summed E-state index contributed by atoms with van der Waals surface area (Å²) in [6.07, 6.45) is 6.24. The summed E-state index contributed by atoms with van der Waals surface area (Å²) in [6, 6.07) is 1.62. The molecule has 2 aliphatic heterocycles. The summed E-state index contributed by atoms with van der Waals surface area (Å²) in [4.78, 5) is 77.7. The molecule has 0 unspecified atom stereocenters. The number of aromatic nitrogens is 1. The van der Waals surface area contributed by atoms with E-state index in [1.165, 1.54) is 16.2 Å². The number of pyridine rings is 1. The molecule has 68 heavy (non-hydrogen) atoms. The van der Waals surface area contributed by atoms with Crippen LogP contribution in [0.5, 0.6) is 0 Å². The zero-order chi connectivity index (χ0) is 49.0. The molecule has 23 nitrogen and oxygen atoms in total. The van der Waals surface area contributed by atoms with Crippen molar-refractivity contribution in [3.63, 3.8) is 0 Å². The number of carbonyl (C=O) groups is 5. The molecule has 23 heteroatoms. The lowest BCUT2D eigenvalue weighted by Gasteiger charge is -2.21. The molecule has 0 bridgehead atoms. The number of carbonyl (C=O) groups excluding carboxylic acids is 5. The van der Waals surface area contributed by atoms with Crippen LogP contribution in [-0.2, 0) is 71.4 Å². The third-order valence-electron chi connectivity index (χ3n) is 9.34. The molecule has 3 heterocycles. The molecule has 0 saturated carbocycles. The fourth-order valence-electron chi connectivity index (χ4n) is 5.92. The van der Waals surface area contributed by atoms with Gasteiger partial charge in [-0.3, -0.25) is 38.7 Å². The number of ether oxygens (including phenoxy) is 10. The van der Waals surface area contributed by atoms with Crippen LogP contribution in [0, 0.1) is 0 Å². The van der Waals surface area contributed by atoms with Gasteiger partial charge >= 0.3 is 0 Å². The Bertz CT molecular complexity index is 1730. The Hall–Kier alpha value is -4.79. The lowest BCUT2D eigenvalue weighted by atomic mass is 10.1. The van der Waals surface area contributed by atoms with Crippen LogP contribution < -0.4 is 11.1 Å². The number of hydroxylamine groups is 2.